The normalized spacial score (nSPS) is 12.2. The average molecular weight is 345 g/mol. The van der Waals surface area contributed by atoms with E-state index in [4.69, 9.17) is 23.2 Å². The van der Waals surface area contributed by atoms with Crippen LogP contribution in [0.25, 0.3) is 0 Å². The van der Waals surface area contributed by atoms with Crippen molar-refractivity contribution in [2.45, 2.75) is 13.0 Å². The molecule has 0 heterocycles. The highest BCUT2D eigenvalue weighted by molar-refractivity contribution is 9.10. The molecule has 0 aliphatic rings. The summed E-state index contributed by atoms with van der Waals surface area (Å²) in [5.74, 6) is 0. The first kappa shape index (κ1) is 13.7. The minimum Gasteiger partial charge on any atom is -0.378 e. The van der Waals surface area contributed by atoms with Gasteiger partial charge in [0, 0.05) is 20.6 Å². The first-order valence-corrected chi connectivity index (χ1v) is 7.08. The van der Waals surface area contributed by atoms with Crippen LogP contribution in [0.2, 0.25) is 10.0 Å². The maximum Gasteiger partial charge on any atom is 0.0504 e. The Kier molecular flexibility index (Phi) is 4.55. The summed E-state index contributed by atoms with van der Waals surface area (Å²) in [6.45, 7) is 2.08. The van der Waals surface area contributed by atoms with Crippen LogP contribution in [0.4, 0.5) is 5.69 Å². The Morgan fingerprint density at radius 3 is 2.50 bits per heavy atom. The Balaban J connectivity index is 2.21. The number of nitrogens with one attached hydrogen (secondary N) is 1. The largest absolute Gasteiger partial charge is 0.378 e. The second-order valence-electron chi connectivity index (χ2n) is 4.05. The van der Waals surface area contributed by atoms with Gasteiger partial charge in [-0.25, -0.2) is 0 Å². The van der Waals surface area contributed by atoms with Gasteiger partial charge < -0.3 is 5.32 Å². The van der Waals surface area contributed by atoms with Crippen molar-refractivity contribution >= 4 is 44.8 Å². The van der Waals surface area contributed by atoms with Crippen LogP contribution in [0.5, 0.6) is 0 Å². The minimum absolute atomic E-state index is 0.151. The Bertz CT molecular complexity index is 557. The zero-order chi connectivity index (χ0) is 13.1. The SMILES string of the molecule is CC(Nc1cc(Cl)ccc1Br)c1cccc(Cl)c1. The lowest BCUT2D eigenvalue weighted by Gasteiger charge is -2.17. The third-order valence-electron chi connectivity index (χ3n) is 2.65. The Labute approximate surface area is 125 Å². The number of hydrogen-bond acceptors (Lipinski definition) is 1. The Hall–Kier alpha value is -0.700. The van der Waals surface area contributed by atoms with Crippen molar-refractivity contribution in [2.75, 3.05) is 5.32 Å². The molecule has 2 rings (SSSR count). The fourth-order valence-corrected chi connectivity index (χ4v) is 2.43. The predicted octanol–water partition coefficient (Wildman–Crippen LogP) is 5.93. The summed E-state index contributed by atoms with van der Waals surface area (Å²) >= 11 is 15.5. The quantitative estimate of drug-likeness (QED) is 0.727. The van der Waals surface area contributed by atoms with E-state index >= 15 is 0 Å². The molecule has 0 fully saturated rings. The van der Waals surface area contributed by atoms with Crippen LogP contribution in [0.15, 0.2) is 46.9 Å². The molecule has 0 aliphatic heterocycles. The average Bonchev–Trinajstić information content (AvgIpc) is 2.34. The number of rotatable bonds is 3. The molecule has 1 N–H and O–H groups in total. The van der Waals surface area contributed by atoms with Crippen LogP contribution >= 0.6 is 39.1 Å². The first-order valence-electron chi connectivity index (χ1n) is 5.53. The molecular weight excluding hydrogens is 333 g/mol. The van der Waals surface area contributed by atoms with Gasteiger partial charge in [0.05, 0.1) is 5.69 Å². The van der Waals surface area contributed by atoms with Gasteiger partial charge >= 0.3 is 0 Å². The fraction of sp³-hybridized carbons (Fsp3) is 0.143. The standard InChI is InChI=1S/C14H12BrCl2N/c1-9(10-3-2-4-11(16)7-10)18-14-8-12(17)5-6-13(14)15/h2-9,18H,1H3. The maximum absolute atomic E-state index is 5.99. The molecule has 0 bridgehead atoms. The van der Waals surface area contributed by atoms with Gasteiger partial charge in [0.1, 0.15) is 0 Å². The number of benzene rings is 2. The summed E-state index contributed by atoms with van der Waals surface area (Å²) < 4.78 is 0.987. The highest BCUT2D eigenvalue weighted by Crippen LogP contribution is 2.29. The lowest BCUT2D eigenvalue weighted by molar-refractivity contribution is 0.884. The molecular formula is C14H12BrCl2N. The van der Waals surface area contributed by atoms with Gasteiger partial charge in [-0.05, 0) is 58.7 Å². The minimum atomic E-state index is 0.151. The van der Waals surface area contributed by atoms with Crippen molar-refractivity contribution in [2.24, 2.45) is 0 Å². The van der Waals surface area contributed by atoms with Gasteiger partial charge in [0.2, 0.25) is 0 Å². The van der Waals surface area contributed by atoms with Crippen molar-refractivity contribution in [1.82, 2.24) is 0 Å². The molecule has 0 saturated carbocycles. The molecule has 0 saturated heterocycles. The van der Waals surface area contributed by atoms with Gasteiger partial charge in [0.15, 0.2) is 0 Å². The smallest absolute Gasteiger partial charge is 0.0504 e. The lowest BCUT2D eigenvalue weighted by atomic mass is 10.1. The van der Waals surface area contributed by atoms with Crippen LogP contribution in [-0.4, -0.2) is 0 Å². The molecule has 0 aromatic heterocycles. The molecule has 0 spiro atoms. The Morgan fingerprint density at radius 1 is 1.06 bits per heavy atom. The zero-order valence-electron chi connectivity index (χ0n) is 9.75. The van der Waals surface area contributed by atoms with Gasteiger partial charge in [-0.2, -0.15) is 0 Å². The highest BCUT2D eigenvalue weighted by atomic mass is 79.9. The molecule has 94 valence electrons. The molecule has 0 radical (unpaired) electrons. The van der Waals surface area contributed by atoms with Crippen LogP contribution in [0, 0.1) is 0 Å². The van der Waals surface area contributed by atoms with Crippen LogP contribution in [-0.2, 0) is 0 Å². The van der Waals surface area contributed by atoms with E-state index in [0.717, 1.165) is 20.7 Å². The number of anilines is 1. The molecule has 1 unspecified atom stereocenters. The molecule has 1 atom stereocenters. The van der Waals surface area contributed by atoms with E-state index < -0.39 is 0 Å². The second-order valence-corrected chi connectivity index (χ2v) is 5.77. The van der Waals surface area contributed by atoms with E-state index in [1.54, 1.807) is 0 Å². The summed E-state index contributed by atoms with van der Waals surface area (Å²) in [5, 5.41) is 4.85. The van der Waals surface area contributed by atoms with Crippen LogP contribution < -0.4 is 5.32 Å². The van der Waals surface area contributed by atoms with Crippen molar-refractivity contribution in [3.05, 3.63) is 62.5 Å². The summed E-state index contributed by atoms with van der Waals surface area (Å²) in [6.07, 6.45) is 0. The second kappa shape index (κ2) is 5.96. The van der Waals surface area contributed by atoms with Gasteiger partial charge in [-0.1, -0.05) is 35.3 Å². The van der Waals surface area contributed by atoms with Crippen molar-refractivity contribution in [1.29, 1.82) is 0 Å². The summed E-state index contributed by atoms with van der Waals surface area (Å²) in [7, 11) is 0. The monoisotopic (exact) mass is 343 g/mol. The predicted molar refractivity (Wildman–Crippen MR) is 82.6 cm³/mol. The van der Waals surface area contributed by atoms with E-state index in [2.05, 4.69) is 28.2 Å². The van der Waals surface area contributed by atoms with E-state index in [9.17, 15) is 0 Å². The van der Waals surface area contributed by atoms with Crippen LogP contribution in [0.1, 0.15) is 18.5 Å². The van der Waals surface area contributed by atoms with E-state index in [0.29, 0.717) is 5.02 Å². The molecule has 2 aromatic carbocycles. The van der Waals surface area contributed by atoms with Gasteiger partial charge in [-0.3, -0.25) is 0 Å². The Morgan fingerprint density at radius 2 is 1.78 bits per heavy atom. The summed E-state index contributed by atoms with van der Waals surface area (Å²) in [6, 6.07) is 13.6. The first-order chi connectivity index (χ1) is 8.56. The van der Waals surface area contributed by atoms with Crippen molar-refractivity contribution in [3.63, 3.8) is 0 Å². The molecule has 18 heavy (non-hydrogen) atoms. The van der Waals surface area contributed by atoms with Gasteiger partial charge in [-0.15, -0.1) is 0 Å². The molecule has 1 nitrogen and oxygen atoms in total. The van der Waals surface area contributed by atoms with E-state index in [-0.39, 0.29) is 6.04 Å². The van der Waals surface area contributed by atoms with E-state index in [1.165, 1.54) is 0 Å². The highest BCUT2D eigenvalue weighted by Gasteiger charge is 2.08. The third-order valence-corrected chi connectivity index (χ3v) is 3.81. The topological polar surface area (TPSA) is 12.0 Å². The van der Waals surface area contributed by atoms with Crippen molar-refractivity contribution < 1.29 is 0 Å². The van der Waals surface area contributed by atoms with Gasteiger partial charge in [0.25, 0.3) is 0 Å². The lowest BCUT2D eigenvalue weighted by Crippen LogP contribution is -2.06. The summed E-state index contributed by atoms with van der Waals surface area (Å²) in [4.78, 5) is 0. The molecule has 0 aliphatic carbocycles. The molecule has 0 amide bonds. The molecule has 2 aromatic rings. The maximum atomic E-state index is 5.99. The van der Waals surface area contributed by atoms with Crippen molar-refractivity contribution in [3.8, 4) is 0 Å². The number of halogens is 3. The van der Waals surface area contributed by atoms with E-state index in [1.807, 2.05) is 42.5 Å². The van der Waals surface area contributed by atoms with Crippen LogP contribution in [0.3, 0.4) is 0 Å². The molecule has 4 heteroatoms. The fourth-order valence-electron chi connectivity index (χ4n) is 1.70. The number of hydrogen-bond donors (Lipinski definition) is 1. The summed E-state index contributed by atoms with van der Waals surface area (Å²) in [5.41, 5.74) is 2.10. The zero-order valence-corrected chi connectivity index (χ0v) is 12.9. The third kappa shape index (κ3) is 3.41.